The minimum atomic E-state index is -0.856. The highest BCUT2D eigenvalue weighted by atomic mass is 32.2. The highest BCUT2D eigenvalue weighted by molar-refractivity contribution is 8.01. The van der Waals surface area contributed by atoms with E-state index in [-0.39, 0.29) is 5.75 Å². The summed E-state index contributed by atoms with van der Waals surface area (Å²) in [7, 11) is 0. The Labute approximate surface area is 106 Å². The Bertz CT molecular complexity index is 523. The standard InChI is InChI=1S/C9H10N4O2S2/c1-2-13-6(3-4-10-13)8-11-12-9(17-8)16-5-7(14)15/h3-4H,2,5H2,1H3,(H,14,15). The summed E-state index contributed by atoms with van der Waals surface area (Å²) in [5.41, 5.74) is 0.909. The largest absolute Gasteiger partial charge is 0.481 e. The highest BCUT2D eigenvalue weighted by Crippen LogP contribution is 2.28. The Kier molecular flexibility index (Phi) is 3.75. The van der Waals surface area contributed by atoms with Gasteiger partial charge in [-0.05, 0) is 13.0 Å². The van der Waals surface area contributed by atoms with Gasteiger partial charge in [0.15, 0.2) is 9.35 Å². The lowest BCUT2D eigenvalue weighted by molar-refractivity contribution is -0.133. The van der Waals surface area contributed by atoms with Gasteiger partial charge in [0, 0.05) is 12.7 Å². The van der Waals surface area contributed by atoms with Crippen LogP contribution in [0, 0.1) is 0 Å². The van der Waals surface area contributed by atoms with Gasteiger partial charge in [0.1, 0.15) is 0 Å². The molecule has 2 heterocycles. The van der Waals surface area contributed by atoms with E-state index in [1.54, 1.807) is 6.20 Å². The van der Waals surface area contributed by atoms with Gasteiger partial charge in [0.05, 0.1) is 11.4 Å². The van der Waals surface area contributed by atoms with Crippen LogP contribution in [-0.4, -0.2) is 36.8 Å². The molecule has 0 bridgehead atoms. The van der Waals surface area contributed by atoms with E-state index in [9.17, 15) is 4.79 Å². The molecule has 0 aliphatic carbocycles. The van der Waals surface area contributed by atoms with Crippen molar-refractivity contribution in [3.63, 3.8) is 0 Å². The van der Waals surface area contributed by atoms with Crippen LogP contribution in [0.2, 0.25) is 0 Å². The normalized spacial score (nSPS) is 10.6. The molecular formula is C9H10N4O2S2. The van der Waals surface area contributed by atoms with Gasteiger partial charge < -0.3 is 5.11 Å². The van der Waals surface area contributed by atoms with Crippen LogP contribution in [0.5, 0.6) is 0 Å². The predicted octanol–water partition coefficient (Wildman–Crippen LogP) is 1.60. The van der Waals surface area contributed by atoms with Crippen molar-refractivity contribution in [2.75, 3.05) is 5.75 Å². The molecule has 2 aromatic rings. The number of thioether (sulfide) groups is 1. The lowest BCUT2D eigenvalue weighted by Gasteiger charge is -1.98. The maximum Gasteiger partial charge on any atom is 0.313 e. The average Bonchev–Trinajstić information content (AvgIpc) is 2.94. The molecule has 2 rings (SSSR count). The predicted molar refractivity (Wildman–Crippen MR) is 65.2 cm³/mol. The monoisotopic (exact) mass is 270 g/mol. The molecule has 0 atom stereocenters. The molecule has 0 saturated heterocycles. The van der Waals surface area contributed by atoms with Crippen LogP contribution in [0.3, 0.4) is 0 Å². The average molecular weight is 270 g/mol. The summed E-state index contributed by atoms with van der Waals surface area (Å²) >= 11 is 2.55. The highest BCUT2D eigenvalue weighted by Gasteiger charge is 2.11. The Morgan fingerprint density at radius 2 is 2.41 bits per heavy atom. The topological polar surface area (TPSA) is 80.9 Å². The minimum absolute atomic E-state index is 0.00166. The van der Waals surface area contributed by atoms with Crippen molar-refractivity contribution in [2.45, 2.75) is 17.8 Å². The molecule has 6 nitrogen and oxygen atoms in total. The Morgan fingerprint density at radius 3 is 3.12 bits per heavy atom. The number of carbonyl (C=O) groups is 1. The number of aliphatic carboxylic acids is 1. The number of hydrogen-bond donors (Lipinski definition) is 1. The molecule has 0 aromatic carbocycles. The Balaban J connectivity index is 2.15. The fraction of sp³-hybridized carbons (Fsp3) is 0.333. The van der Waals surface area contributed by atoms with E-state index < -0.39 is 5.97 Å². The summed E-state index contributed by atoms with van der Waals surface area (Å²) in [6.07, 6.45) is 1.71. The van der Waals surface area contributed by atoms with Gasteiger partial charge in [-0.2, -0.15) is 5.10 Å². The van der Waals surface area contributed by atoms with E-state index in [0.29, 0.717) is 4.34 Å². The van der Waals surface area contributed by atoms with Gasteiger partial charge in [-0.25, -0.2) is 0 Å². The van der Waals surface area contributed by atoms with Crippen LogP contribution >= 0.6 is 23.1 Å². The van der Waals surface area contributed by atoms with Crippen molar-refractivity contribution in [3.05, 3.63) is 12.3 Å². The molecule has 0 radical (unpaired) electrons. The van der Waals surface area contributed by atoms with E-state index in [2.05, 4.69) is 15.3 Å². The molecule has 0 aliphatic heterocycles. The van der Waals surface area contributed by atoms with Crippen molar-refractivity contribution < 1.29 is 9.90 Å². The van der Waals surface area contributed by atoms with Gasteiger partial charge in [0.25, 0.3) is 0 Å². The molecular weight excluding hydrogens is 260 g/mol. The lowest BCUT2D eigenvalue weighted by atomic mass is 10.4. The second kappa shape index (κ2) is 5.28. The molecule has 0 unspecified atom stereocenters. The van der Waals surface area contributed by atoms with Crippen LogP contribution in [0.15, 0.2) is 16.6 Å². The third kappa shape index (κ3) is 2.83. The molecule has 0 saturated carbocycles. The van der Waals surface area contributed by atoms with Crippen LogP contribution in [0.1, 0.15) is 6.92 Å². The smallest absolute Gasteiger partial charge is 0.313 e. The van der Waals surface area contributed by atoms with Crippen molar-refractivity contribution in [1.29, 1.82) is 0 Å². The molecule has 2 aromatic heterocycles. The molecule has 1 N–H and O–H groups in total. The Morgan fingerprint density at radius 1 is 1.59 bits per heavy atom. The van der Waals surface area contributed by atoms with Crippen molar-refractivity contribution >= 4 is 29.1 Å². The number of carboxylic acids is 1. The van der Waals surface area contributed by atoms with Crippen LogP contribution in [-0.2, 0) is 11.3 Å². The van der Waals surface area contributed by atoms with Gasteiger partial charge in [-0.3, -0.25) is 9.48 Å². The number of nitrogens with zero attached hydrogens (tertiary/aromatic N) is 4. The molecule has 8 heteroatoms. The quantitative estimate of drug-likeness (QED) is 0.831. The SMILES string of the molecule is CCn1nccc1-c1nnc(SCC(=O)O)s1. The van der Waals surface area contributed by atoms with Crippen molar-refractivity contribution in [1.82, 2.24) is 20.0 Å². The summed E-state index contributed by atoms with van der Waals surface area (Å²) in [6, 6.07) is 1.87. The van der Waals surface area contributed by atoms with Gasteiger partial charge >= 0.3 is 5.97 Å². The summed E-state index contributed by atoms with van der Waals surface area (Å²) < 4.78 is 2.48. The first-order valence-electron chi connectivity index (χ1n) is 4.91. The molecule has 0 amide bonds. The van der Waals surface area contributed by atoms with Crippen molar-refractivity contribution in [2.24, 2.45) is 0 Å². The Hall–Kier alpha value is -1.41. The minimum Gasteiger partial charge on any atom is -0.481 e. The van der Waals surface area contributed by atoms with E-state index in [0.717, 1.165) is 17.2 Å². The zero-order valence-electron chi connectivity index (χ0n) is 9.03. The maximum absolute atomic E-state index is 10.4. The zero-order chi connectivity index (χ0) is 12.3. The first-order valence-corrected chi connectivity index (χ1v) is 6.71. The summed E-state index contributed by atoms with van der Waals surface area (Å²) in [6.45, 7) is 2.76. The third-order valence-electron chi connectivity index (χ3n) is 1.96. The van der Waals surface area contributed by atoms with Crippen molar-refractivity contribution in [3.8, 4) is 10.7 Å². The van der Waals surface area contributed by atoms with E-state index in [1.807, 2.05) is 17.7 Å². The number of hydrogen-bond acceptors (Lipinski definition) is 6. The fourth-order valence-electron chi connectivity index (χ4n) is 1.26. The number of aryl methyl sites for hydroxylation is 1. The van der Waals surface area contributed by atoms with Crippen LogP contribution in [0.25, 0.3) is 10.7 Å². The van der Waals surface area contributed by atoms with Crippen LogP contribution < -0.4 is 0 Å². The van der Waals surface area contributed by atoms with Gasteiger partial charge in [-0.15, -0.1) is 10.2 Å². The van der Waals surface area contributed by atoms with E-state index in [4.69, 9.17) is 5.11 Å². The number of carboxylic acid groups (broad SMARTS) is 1. The second-order valence-electron chi connectivity index (χ2n) is 3.09. The van der Waals surface area contributed by atoms with Gasteiger partial charge in [-0.1, -0.05) is 23.1 Å². The van der Waals surface area contributed by atoms with E-state index in [1.165, 1.54) is 23.1 Å². The molecule has 0 fully saturated rings. The number of aromatic nitrogens is 4. The zero-order valence-corrected chi connectivity index (χ0v) is 10.7. The summed E-state index contributed by atoms with van der Waals surface area (Å²) in [5.74, 6) is -0.854. The molecule has 17 heavy (non-hydrogen) atoms. The first-order chi connectivity index (χ1) is 8.20. The maximum atomic E-state index is 10.4. The third-order valence-corrected chi connectivity index (χ3v) is 4.02. The van der Waals surface area contributed by atoms with Gasteiger partial charge in [0.2, 0.25) is 0 Å². The van der Waals surface area contributed by atoms with E-state index >= 15 is 0 Å². The molecule has 0 aliphatic rings. The number of rotatable bonds is 5. The first kappa shape index (κ1) is 12.1. The summed E-state index contributed by atoms with van der Waals surface area (Å²) in [4.78, 5) is 10.4. The molecule has 90 valence electrons. The summed E-state index contributed by atoms with van der Waals surface area (Å²) in [5, 5.41) is 21.5. The lowest BCUT2D eigenvalue weighted by Crippen LogP contribution is -1.98. The fourth-order valence-corrected chi connectivity index (χ4v) is 2.86. The van der Waals surface area contributed by atoms with Crippen LogP contribution in [0.4, 0.5) is 0 Å². The second-order valence-corrected chi connectivity index (χ2v) is 5.29. The molecule has 0 spiro atoms.